The van der Waals surface area contributed by atoms with Crippen molar-refractivity contribution < 1.29 is 13.2 Å². The topological polar surface area (TPSA) is 79.0 Å². The lowest BCUT2D eigenvalue weighted by Gasteiger charge is -2.05. The van der Waals surface area contributed by atoms with Gasteiger partial charge in [-0.1, -0.05) is 0 Å². The van der Waals surface area contributed by atoms with Gasteiger partial charge in [-0.3, -0.25) is 9.52 Å². The summed E-state index contributed by atoms with van der Waals surface area (Å²) in [7, 11) is -3.33. The molecule has 0 spiro atoms. The quantitative estimate of drug-likeness (QED) is 0.792. The summed E-state index contributed by atoms with van der Waals surface area (Å²) in [5.41, 5.74) is 1.54. The molecule has 0 bridgehead atoms. The van der Waals surface area contributed by atoms with Gasteiger partial charge in [0.05, 0.1) is 11.9 Å². The van der Waals surface area contributed by atoms with E-state index in [1.54, 1.807) is 18.3 Å². The highest BCUT2D eigenvalue weighted by Gasteiger charge is 2.07. The van der Waals surface area contributed by atoms with Crippen molar-refractivity contribution in [2.24, 2.45) is 0 Å². The molecule has 16 heavy (non-hydrogen) atoms. The Bertz CT molecular complexity index is 643. The Labute approximate surface area is 92.5 Å². The summed E-state index contributed by atoms with van der Waals surface area (Å²) in [4.78, 5) is 13.8. The third-order valence-corrected chi connectivity index (χ3v) is 2.74. The van der Waals surface area contributed by atoms with Crippen molar-refractivity contribution in [3.8, 4) is 0 Å². The van der Waals surface area contributed by atoms with E-state index >= 15 is 0 Å². The van der Waals surface area contributed by atoms with Crippen molar-refractivity contribution in [2.45, 2.75) is 0 Å². The molecule has 84 valence electrons. The van der Waals surface area contributed by atoms with E-state index in [9.17, 15) is 13.2 Å². The smallest absolute Gasteiger partial charge is 0.229 e. The van der Waals surface area contributed by atoms with Gasteiger partial charge in [0.2, 0.25) is 10.0 Å². The zero-order chi connectivity index (χ0) is 11.8. The van der Waals surface area contributed by atoms with E-state index in [0.29, 0.717) is 17.5 Å². The van der Waals surface area contributed by atoms with E-state index in [1.807, 2.05) is 0 Å². The highest BCUT2D eigenvalue weighted by Crippen LogP contribution is 2.22. The van der Waals surface area contributed by atoms with Gasteiger partial charge in [0.15, 0.2) is 6.29 Å². The van der Waals surface area contributed by atoms with Crippen LogP contribution < -0.4 is 4.72 Å². The minimum absolute atomic E-state index is 0.375. The first-order valence-electron chi connectivity index (χ1n) is 4.54. The maximum absolute atomic E-state index is 11.1. The third-order valence-electron chi connectivity index (χ3n) is 2.13. The molecule has 2 aromatic rings. The second-order valence-corrected chi connectivity index (χ2v) is 5.24. The van der Waals surface area contributed by atoms with Gasteiger partial charge in [-0.2, -0.15) is 0 Å². The van der Waals surface area contributed by atoms with E-state index in [4.69, 9.17) is 0 Å². The molecular weight excluding hydrogens is 228 g/mol. The van der Waals surface area contributed by atoms with Crippen LogP contribution in [-0.4, -0.2) is 25.9 Å². The molecule has 2 rings (SSSR count). The summed E-state index contributed by atoms with van der Waals surface area (Å²) >= 11 is 0. The van der Waals surface area contributed by atoms with Gasteiger partial charge in [-0.05, 0) is 18.2 Å². The van der Waals surface area contributed by atoms with Crippen molar-refractivity contribution in [3.63, 3.8) is 0 Å². The molecular formula is C10H10N2O3S. The first kappa shape index (κ1) is 10.7. The van der Waals surface area contributed by atoms with Gasteiger partial charge in [0.1, 0.15) is 0 Å². The summed E-state index contributed by atoms with van der Waals surface area (Å²) in [5.74, 6) is 0. The van der Waals surface area contributed by atoms with Crippen LogP contribution in [0.25, 0.3) is 10.9 Å². The van der Waals surface area contributed by atoms with Gasteiger partial charge < -0.3 is 4.98 Å². The number of aldehydes is 1. The molecule has 0 fully saturated rings. The standard InChI is InChI=1S/C10H10N2O3S/c1-16(14,15)12-8-4-7(6-13)9-2-3-11-10(9)5-8/h2-6,11-12H,1H3. The summed E-state index contributed by atoms with van der Waals surface area (Å²) in [5, 5.41) is 0.772. The molecule has 1 heterocycles. The molecule has 0 aliphatic carbocycles. The normalized spacial score (nSPS) is 11.6. The second kappa shape index (κ2) is 3.64. The molecule has 0 aliphatic rings. The first-order chi connectivity index (χ1) is 7.49. The Morgan fingerprint density at radius 1 is 1.38 bits per heavy atom. The fourth-order valence-corrected chi connectivity index (χ4v) is 2.11. The van der Waals surface area contributed by atoms with Crippen molar-refractivity contribution >= 4 is 32.9 Å². The van der Waals surface area contributed by atoms with Crippen LogP contribution in [0.2, 0.25) is 0 Å². The average Bonchev–Trinajstić information content (AvgIpc) is 2.61. The largest absolute Gasteiger partial charge is 0.361 e. The van der Waals surface area contributed by atoms with Gasteiger partial charge in [0.25, 0.3) is 0 Å². The number of H-pyrrole nitrogens is 1. The van der Waals surface area contributed by atoms with Crippen LogP contribution in [0.1, 0.15) is 10.4 Å². The monoisotopic (exact) mass is 238 g/mol. The van der Waals surface area contributed by atoms with E-state index in [-0.39, 0.29) is 0 Å². The van der Waals surface area contributed by atoms with Gasteiger partial charge in [0, 0.05) is 22.7 Å². The Balaban J connectivity index is 2.60. The lowest BCUT2D eigenvalue weighted by atomic mass is 10.1. The molecule has 0 atom stereocenters. The molecule has 0 amide bonds. The van der Waals surface area contributed by atoms with Crippen molar-refractivity contribution in [2.75, 3.05) is 11.0 Å². The maximum Gasteiger partial charge on any atom is 0.229 e. The number of hydrogen-bond acceptors (Lipinski definition) is 3. The fourth-order valence-electron chi connectivity index (χ4n) is 1.57. The molecule has 0 aliphatic heterocycles. The van der Waals surface area contributed by atoms with E-state index in [2.05, 4.69) is 9.71 Å². The predicted octanol–water partition coefficient (Wildman–Crippen LogP) is 1.35. The fraction of sp³-hybridized carbons (Fsp3) is 0.100. The zero-order valence-corrected chi connectivity index (χ0v) is 9.34. The van der Waals surface area contributed by atoms with Crippen LogP contribution in [0.4, 0.5) is 5.69 Å². The third kappa shape index (κ3) is 2.06. The predicted molar refractivity (Wildman–Crippen MR) is 62.2 cm³/mol. The Morgan fingerprint density at radius 2 is 2.12 bits per heavy atom. The molecule has 0 unspecified atom stereocenters. The van der Waals surface area contributed by atoms with Crippen molar-refractivity contribution in [1.82, 2.24) is 4.98 Å². The number of sulfonamides is 1. The van der Waals surface area contributed by atoms with E-state index in [1.165, 1.54) is 6.07 Å². The number of aromatic amines is 1. The lowest BCUT2D eigenvalue weighted by Crippen LogP contribution is -2.09. The molecule has 5 nitrogen and oxygen atoms in total. The first-order valence-corrected chi connectivity index (χ1v) is 6.43. The maximum atomic E-state index is 11.1. The van der Waals surface area contributed by atoms with Crippen molar-refractivity contribution in [3.05, 3.63) is 30.0 Å². The summed E-state index contributed by atoms with van der Waals surface area (Å²) in [6.45, 7) is 0. The number of rotatable bonds is 3. The molecule has 2 N–H and O–H groups in total. The van der Waals surface area contributed by atoms with Gasteiger partial charge in [-0.15, -0.1) is 0 Å². The Hall–Kier alpha value is -1.82. The van der Waals surface area contributed by atoms with Crippen LogP contribution in [0.3, 0.4) is 0 Å². The van der Waals surface area contributed by atoms with E-state index < -0.39 is 10.0 Å². The van der Waals surface area contributed by atoms with Gasteiger partial charge in [-0.25, -0.2) is 8.42 Å². The van der Waals surface area contributed by atoms with Crippen LogP contribution in [-0.2, 0) is 10.0 Å². The minimum atomic E-state index is -3.33. The number of aromatic nitrogens is 1. The Morgan fingerprint density at radius 3 is 2.75 bits per heavy atom. The number of anilines is 1. The molecule has 0 saturated carbocycles. The Kier molecular flexibility index (Phi) is 2.43. The number of fused-ring (bicyclic) bond motifs is 1. The number of carbonyl (C=O) groups excluding carboxylic acids is 1. The van der Waals surface area contributed by atoms with E-state index in [0.717, 1.165) is 17.2 Å². The molecule has 0 radical (unpaired) electrons. The van der Waals surface area contributed by atoms with Crippen LogP contribution >= 0.6 is 0 Å². The van der Waals surface area contributed by atoms with Crippen LogP contribution in [0.5, 0.6) is 0 Å². The minimum Gasteiger partial charge on any atom is -0.361 e. The number of nitrogens with one attached hydrogen (secondary N) is 2. The molecule has 6 heteroatoms. The highest BCUT2D eigenvalue weighted by atomic mass is 32.2. The van der Waals surface area contributed by atoms with Gasteiger partial charge >= 0.3 is 0 Å². The number of benzene rings is 1. The summed E-state index contributed by atoms with van der Waals surface area (Å²) < 4.78 is 24.5. The lowest BCUT2D eigenvalue weighted by molar-refractivity contribution is 0.112. The summed E-state index contributed by atoms with van der Waals surface area (Å²) in [6, 6.07) is 4.91. The van der Waals surface area contributed by atoms with Crippen molar-refractivity contribution in [1.29, 1.82) is 0 Å². The number of hydrogen-bond donors (Lipinski definition) is 2. The van der Waals surface area contributed by atoms with Crippen LogP contribution in [0, 0.1) is 0 Å². The average molecular weight is 238 g/mol. The SMILES string of the molecule is CS(=O)(=O)Nc1cc(C=O)c2cc[nH]c2c1. The summed E-state index contributed by atoms with van der Waals surface area (Å²) in [6.07, 6.45) is 3.46. The molecule has 0 saturated heterocycles. The molecule has 1 aromatic carbocycles. The van der Waals surface area contributed by atoms with Crippen LogP contribution in [0.15, 0.2) is 24.4 Å². The number of carbonyl (C=O) groups is 1. The zero-order valence-electron chi connectivity index (χ0n) is 8.52. The highest BCUT2D eigenvalue weighted by molar-refractivity contribution is 7.92. The second-order valence-electron chi connectivity index (χ2n) is 3.50. The molecule has 1 aromatic heterocycles.